The number of nitriles is 1. The van der Waals surface area contributed by atoms with Crippen LogP contribution in [0.1, 0.15) is 70.0 Å². The second-order valence-electron chi connectivity index (χ2n) is 35.8. The van der Waals surface area contributed by atoms with Gasteiger partial charge in [-0.1, -0.05) is 224 Å². The highest BCUT2D eigenvalue weighted by molar-refractivity contribution is 7.99. The van der Waals surface area contributed by atoms with Crippen LogP contribution in [0.25, 0.3) is 22.7 Å². The molecule has 1 amide bonds. The van der Waals surface area contributed by atoms with Gasteiger partial charge in [-0.2, -0.15) is 44.4 Å². The van der Waals surface area contributed by atoms with E-state index in [2.05, 4.69) is 102 Å². The molecule has 0 aliphatic carbocycles. The van der Waals surface area contributed by atoms with Gasteiger partial charge in [0.15, 0.2) is 5.16 Å². The molecule has 1 atom stereocenters. The molecule has 9 aromatic carbocycles. The molecule has 31 nitrogen and oxygen atoms in total. The van der Waals surface area contributed by atoms with E-state index >= 15 is 0 Å². The fourth-order valence-corrected chi connectivity index (χ4v) is 19.0. The lowest BCUT2D eigenvalue weighted by atomic mass is 9.97. The number of para-hydroxylation sites is 4. The molecule has 0 saturated carbocycles. The van der Waals surface area contributed by atoms with Gasteiger partial charge in [0.05, 0.1) is 95.7 Å². The number of benzene rings is 9. The zero-order valence-corrected chi connectivity index (χ0v) is 82.6. The summed E-state index contributed by atoms with van der Waals surface area (Å²) in [7, 11) is 0. The zero-order chi connectivity index (χ0) is 100. The van der Waals surface area contributed by atoms with E-state index in [-0.39, 0.29) is 45.8 Å². The lowest BCUT2D eigenvalue weighted by Crippen LogP contribution is -2.50. The van der Waals surface area contributed by atoms with E-state index in [9.17, 15) is 34.0 Å². The van der Waals surface area contributed by atoms with Gasteiger partial charge in [-0.15, -0.1) is 0 Å². The molecule has 11 heterocycles. The van der Waals surface area contributed by atoms with Crippen LogP contribution in [0.5, 0.6) is 17.2 Å². The number of hydrogen-bond donors (Lipinski definition) is 0. The molecule has 0 bridgehead atoms. The van der Waals surface area contributed by atoms with Gasteiger partial charge in [0, 0.05) is 155 Å². The Bertz CT molecular complexity index is 7050. The first kappa shape index (κ1) is 100. The molecule has 5 fully saturated rings. The minimum absolute atomic E-state index is 0.0332. The summed E-state index contributed by atoms with van der Waals surface area (Å²) < 4.78 is 34.6. The molecule has 5 saturated heterocycles. The van der Waals surface area contributed by atoms with Crippen molar-refractivity contribution >= 4 is 52.1 Å². The molecular formula is C113H118N20O11S. The zero-order valence-electron chi connectivity index (χ0n) is 81.7. The summed E-state index contributed by atoms with van der Waals surface area (Å²) in [5.74, 6) is 0.774. The Morgan fingerprint density at radius 1 is 0.421 bits per heavy atom. The van der Waals surface area contributed by atoms with Crippen molar-refractivity contribution in [2.24, 2.45) is 5.92 Å². The van der Waals surface area contributed by atoms with E-state index in [1.807, 2.05) is 265 Å². The Morgan fingerprint density at radius 3 is 1.25 bits per heavy atom. The smallest absolute Gasteiger partial charge is 0.316 e. The molecule has 5 aliphatic rings. The van der Waals surface area contributed by atoms with Gasteiger partial charge in [-0.25, -0.2) is 9.97 Å². The molecule has 6 aromatic heterocycles. The van der Waals surface area contributed by atoms with Crippen LogP contribution in [-0.2, 0) is 53.8 Å². The van der Waals surface area contributed by atoms with Gasteiger partial charge < -0.3 is 52.8 Å². The highest BCUT2D eigenvalue weighted by Crippen LogP contribution is 2.35. The van der Waals surface area contributed by atoms with Crippen LogP contribution < -0.4 is 60.9 Å². The van der Waals surface area contributed by atoms with Crippen LogP contribution in [-0.4, -0.2) is 211 Å². The number of ether oxygens (including phenoxy) is 4. The highest BCUT2D eigenvalue weighted by Gasteiger charge is 2.35. The number of anilines is 5. The summed E-state index contributed by atoms with van der Waals surface area (Å²) in [4.78, 5) is 108. The maximum atomic E-state index is 14.0. The summed E-state index contributed by atoms with van der Waals surface area (Å²) in [6, 6.07) is 89.7. The number of rotatable bonds is 29. The first-order valence-electron chi connectivity index (χ1n) is 49.2. The van der Waals surface area contributed by atoms with E-state index in [0.717, 1.165) is 162 Å². The number of piperidine rings is 1. The fourth-order valence-electron chi connectivity index (χ4n) is 18.2. The quantitative estimate of drug-likeness (QED) is 0.0239. The monoisotopic (exact) mass is 1960 g/mol. The van der Waals surface area contributed by atoms with Crippen LogP contribution in [0, 0.1) is 31.1 Å². The van der Waals surface area contributed by atoms with E-state index < -0.39 is 0 Å². The molecule has 0 radical (unpaired) electrons. The van der Waals surface area contributed by atoms with Gasteiger partial charge in [0.25, 0.3) is 5.56 Å². The van der Waals surface area contributed by atoms with Crippen LogP contribution in [0.15, 0.2) is 345 Å². The molecule has 32 heteroatoms. The predicted molar refractivity (Wildman–Crippen MR) is 563 cm³/mol. The van der Waals surface area contributed by atoms with Crippen LogP contribution in [0.4, 0.5) is 28.4 Å². The average molecular weight is 1960 g/mol. The minimum atomic E-state index is -0.293. The molecule has 0 spiro atoms. The lowest BCUT2D eigenvalue weighted by molar-refractivity contribution is -0.148. The van der Waals surface area contributed by atoms with Crippen molar-refractivity contribution < 1.29 is 33.0 Å². The predicted octanol–water partition coefficient (Wildman–Crippen LogP) is 14.7. The SMILES string of the molecule is CCOC(=O)C1CCCN(c2c(N3CCN(C(=O)CSc4nccc(C)n4)CC3)cnn(-c3ccccc3)c2=O)C1.Cc1cccc(CN2CCN(c3cnn(-c4ccccc4)c(=O)c3OCc3ccccc3)CC2)c1.N#Cc1ccccc1CN1CCN(c2cnn(-c3ccccc3)c(=O)c2OCc2ccccc2)CC1.O=c1c(OCc2ccccc2)c(N2CCN(Cc3ccoc3)CC2)cnn1-c1ccccc1. The topological polar surface area (TPSA) is 302 Å². The minimum Gasteiger partial charge on any atom is -0.481 e. The summed E-state index contributed by atoms with van der Waals surface area (Å²) in [6.45, 7) is 22.7. The number of amides is 1. The standard InChI is InChI=1S/C29H35N7O4S.C29H27N5O2.C29H30N4O2.C26H26N4O3/c1-3-40-28(39)22-8-7-13-35(19-22)26-24(18-31-36(27(26)38)23-9-5-4-6-10-23)33-14-16-34(17-15-33)25(37)20-41-29-30-12-11-21(2)32-29;30-19-24-11-7-8-12-25(24)21-32-15-17-33(18-16-32)27-20-31-34(26-13-5-2-6-14-26)29(35)28(27)36-22-23-9-3-1-4-10-23;1-23-9-8-12-25(19-23)21-31-15-17-32(18-16-31)27-20-30-33(26-13-6-3-7-14-26)29(34)28(27)35-22-24-10-4-2-5-11-24;31-26-25(33-20-21-7-3-1-4-8-21)24(17-27-30(26)23-9-5-2-6-10-23)29-14-12-28(13-15-29)18-22-11-16-32-19-22/h4-6,9-12,18,22H,3,7-8,13-17,19-20H2,1-2H3;1-14,20H,15-18,21-22H2;2-14,19-20H,15-18,21-22H2,1H3;1-11,16-17,19H,12-15,18,20H2. The van der Waals surface area contributed by atoms with Crippen molar-refractivity contribution in [1.82, 2.24) is 68.7 Å². The number of piperazine rings is 4. The van der Waals surface area contributed by atoms with Gasteiger partial charge in [-0.3, -0.25) is 43.5 Å². The maximum Gasteiger partial charge on any atom is 0.316 e. The Labute approximate surface area is 846 Å². The van der Waals surface area contributed by atoms with Crippen LogP contribution >= 0.6 is 11.8 Å². The Balaban J connectivity index is 0.000000133. The third-order valence-corrected chi connectivity index (χ3v) is 26.8. The summed E-state index contributed by atoms with van der Waals surface area (Å²) >= 11 is 1.34. The van der Waals surface area contributed by atoms with Crippen molar-refractivity contribution in [3.05, 3.63) is 408 Å². The first-order chi connectivity index (χ1) is 71.1. The Morgan fingerprint density at radius 2 is 0.821 bits per heavy atom. The molecule has 145 heavy (non-hydrogen) atoms. The van der Waals surface area contributed by atoms with Gasteiger partial charge in [0.2, 0.25) is 23.2 Å². The van der Waals surface area contributed by atoms with Crippen molar-refractivity contribution in [2.75, 3.05) is 155 Å². The molecule has 1 unspecified atom stereocenters. The highest BCUT2D eigenvalue weighted by atomic mass is 32.2. The van der Waals surface area contributed by atoms with Gasteiger partial charge in [0.1, 0.15) is 42.6 Å². The first-order valence-corrected chi connectivity index (χ1v) is 50.2. The van der Waals surface area contributed by atoms with Gasteiger partial charge >= 0.3 is 22.6 Å². The van der Waals surface area contributed by atoms with Crippen molar-refractivity contribution in [3.8, 4) is 46.1 Å². The third kappa shape index (κ3) is 26.4. The molecule has 15 aromatic rings. The lowest BCUT2D eigenvalue weighted by Gasteiger charge is -2.39. The number of esters is 1. The van der Waals surface area contributed by atoms with Crippen molar-refractivity contribution in [1.29, 1.82) is 5.26 Å². The number of hydrogen-bond acceptors (Lipinski definition) is 27. The fraction of sp³-hybridized carbons (Fsp3) is 0.283. The molecule has 5 aliphatic heterocycles. The molecule has 0 N–H and O–H groups in total. The largest absolute Gasteiger partial charge is 0.481 e. The number of aromatic nitrogens is 10. The van der Waals surface area contributed by atoms with Crippen LogP contribution in [0.3, 0.4) is 0 Å². The van der Waals surface area contributed by atoms with Gasteiger partial charge in [-0.05, 0) is 128 Å². The molecular weight excluding hydrogens is 1850 g/mol. The Hall–Kier alpha value is -16.1. The maximum absolute atomic E-state index is 14.0. The third-order valence-electron chi connectivity index (χ3n) is 25.9. The number of carbonyl (C=O) groups excluding carboxylic acids is 2. The number of nitrogens with zero attached hydrogens (tertiary/aromatic N) is 20. The number of aryl methyl sites for hydroxylation is 2. The van der Waals surface area contributed by atoms with E-state index in [4.69, 9.17) is 23.4 Å². The normalized spacial score (nSPS) is 15.0. The Kier molecular flexibility index (Phi) is 34.7. The average Bonchev–Trinajstić information content (AvgIpc) is 1.13. The van der Waals surface area contributed by atoms with E-state index in [1.54, 1.807) is 50.4 Å². The number of furan rings is 1. The van der Waals surface area contributed by atoms with Crippen molar-refractivity contribution in [3.63, 3.8) is 0 Å². The summed E-state index contributed by atoms with van der Waals surface area (Å²) in [5.41, 5.74) is 14.7. The number of thioether (sulfide) groups is 1. The second kappa shape index (κ2) is 50.0. The van der Waals surface area contributed by atoms with E-state index in [1.165, 1.54) is 47.2 Å². The van der Waals surface area contributed by atoms with E-state index in [0.29, 0.717) is 122 Å². The van der Waals surface area contributed by atoms with Crippen LogP contribution in [0.2, 0.25) is 0 Å². The number of carbonyl (C=O) groups is 2. The summed E-state index contributed by atoms with van der Waals surface area (Å²) in [5, 5.41) is 28.0. The molecule has 742 valence electrons. The van der Waals surface area contributed by atoms with Crippen molar-refractivity contribution in [2.45, 2.75) is 78.2 Å². The molecule has 20 rings (SSSR count). The second-order valence-corrected chi connectivity index (χ2v) is 36.8. The summed E-state index contributed by atoms with van der Waals surface area (Å²) in [6.07, 6.45) is 13.7.